The van der Waals surface area contributed by atoms with Gasteiger partial charge in [-0.2, -0.15) is 0 Å². The lowest BCUT2D eigenvalue weighted by Crippen LogP contribution is -2.25. The lowest BCUT2D eigenvalue weighted by molar-refractivity contribution is -0.246. The minimum atomic E-state index is -0.997. The number of ketones is 2. The average molecular weight is 642 g/mol. The molecule has 10 heteroatoms. The Hall–Kier alpha value is -2.66. The van der Waals surface area contributed by atoms with Crippen LogP contribution in [0.2, 0.25) is 0 Å². The third-order valence-electron chi connectivity index (χ3n) is 4.75. The smallest absolute Gasteiger partial charge is 0.316 e. The van der Waals surface area contributed by atoms with Crippen LogP contribution in [0.1, 0.15) is 30.4 Å². The number of hydrogen-bond donors (Lipinski definition) is 2. The molecule has 0 aliphatic heterocycles. The van der Waals surface area contributed by atoms with Crippen molar-refractivity contribution in [1.82, 2.24) is 0 Å². The highest BCUT2D eigenvalue weighted by atomic mass is 79.9. The van der Waals surface area contributed by atoms with Crippen LogP contribution >= 0.6 is 31.9 Å². The third kappa shape index (κ3) is 11.5. The highest BCUT2D eigenvalue weighted by Crippen LogP contribution is 2.29. The van der Waals surface area contributed by atoms with Gasteiger partial charge >= 0.3 is 6.48 Å². The molecule has 37 heavy (non-hydrogen) atoms. The summed E-state index contributed by atoms with van der Waals surface area (Å²) in [5.74, 6) is -0.446. The molecule has 0 heterocycles. The first-order valence-corrected chi connectivity index (χ1v) is 13.7. The van der Waals surface area contributed by atoms with E-state index in [1.807, 2.05) is 0 Å². The summed E-state index contributed by atoms with van der Waals surface area (Å²) in [4.78, 5) is 24.5. The number of carbonyl (C=O) groups excluding carboxylic acids is 2. The maximum Gasteiger partial charge on any atom is 0.316 e. The molecule has 2 rings (SSSR count). The zero-order valence-corrected chi connectivity index (χ0v) is 23.6. The number of aromatic hydroxyl groups is 2. The van der Waals surface area contributed by atoms with Crippen LogP contribution in [-0.2, 0) is 19.1 Å². The highest BCUT2D eigenvalue weighted by Gasteiger charge is 2.15. The van der Waals surface area contributed by atoms with Gasteiger partial charge in [0.15, 0.2) is 34.6 Å². The van der Waals surface area contributed by atoms with E-state index in [0.29, 0.717) is 24.3 Å². The summed E-state index contributed by atoms with van der Waals surface area (Å²) in [6.07, 6.45) is 6.88. The van der Waals surface area contributed by atoms with Crippen LogP contribution in [0.3, 0.4) is 0 Å². The maximum absolute atomic E-state index is 12.3. The minimum absolute atomic E-state index is 0.00559. The number of alkyl halides is 2. The number of methoxy groups -OCH3 is 1. The van der Waals surface area contributed by atoms with Crippen molar-refractivity contribution in [3.8, 4) is 23.0 Å². The van der Waals surface area contributed by atoms with Gasteiger partial charge in [-0.1, -0.05) is 56.1 Å². The van der Waals surface area contributed by atoms with Crippen LogP contribution in [0.25, 0.3) is 12.2 Å². The molecule has 2 aromatic rings. The molecule has 0 atom stereocenters. The molecule has 2 N–H and O–H groups in total. The summed E-state index contributed by atoms with van der Waals surface area (Å²) in [6.45, 7) is -0.188. The van der Waals surface area contributed by atoms with Gasteiger partial charge in [0.2, 0.25) is 0 Å². The van der Waals surface area contributed by atoms with Crippen LogP contribution in [0.4, 0.5) is 0 Å². The van der Waals surface area contributed by atoms with Crippen LogP contribution < -0.4 is 9.47 Å². The van der Waals surface area contributed by atoms with Crippen molar-refractivity contribution in [3.63, 3.8) is 0 Å². The molecule has 0 fully saturated rings. The Morgan fingerprint density at radius 1 is 0.838 bits per heavy atom. The third-order valence-corrected chi connectivity index (χ3v) is 5.87. The molecule has 0 aliphatic rings. The number of carbonyl (C=O) groups is 2. The largest absolute Gasteiger partial charge is 0.504 e. The van der Waals surface area contributed by atoms with Crippen molar-refractivity contribution in [2.45, 2.75) is 25.7 Å². The van der Waals surface area contributed by atoms with Crippen molar-refractivity contribution in [1.29, 1.82) is 0 Å². The van der Waals surface area contributed by atoms with Gasteiger partial charge in [-0.3, -0.25) is 9.59 Å². The van der Waals surface area contributed by atoms with Gasteiger partial charge in [-0.05, 0) is 60.4 Å². The summed E-state index contributed by atoms with van der Waals surface area (Å²) in [6, 6.07) is 9.26. The van der Waals surface area contributed by atoms with Crippen LogP contribution in [0, 0.1) is 0 Å². The van der Waals surface area contributed by atoms with E-state index in [2.05, 4.69) is 31.9 Å². The van der Waals surface area contributed by atoms with E-state index in [1.54, 1.807) is 30.3 Å². The first-order chi connectivity index (χ1) is 17.9. The van der Waals surface area contributed by atoms with Crippen molar-refractivity contribution >= 4 is 55.6 Å². The van der Waals surface area contributed by atoms with Crippen LogP contribution in [0.5, 0.6) is 23.0 Å². The second kappa shape index (κ2) is 17.0. The summed E-state index contributed by atoms with van der Waals surface area (Å²) in [5.41, 5.74) is 1.23. The standard InChI is InChI=1S/C27H30Br2O8/c1-34-25-16-19(6-10-23(25)32)4-8-21(30)18-22(31)9-5-20-7-11-24(33)26(17-20)37-27(35-14-2-12-28)36-15-3-13-29/h4-11,16-17,27,32-33H,2-3,12-15,18H2,1H3/b8-4+,9-5+. The van der Waals surface area contributed by atoms with Crippen molar-refractivity contribution in [2.24, 2.45) is 0 Å². The van der Waals surface area contributed by atoms with Crippen LogP contribution in [0.15, 0.2) is 48.6 Å². The molecule has 0 unspecified atom stereocenters. The molecular formula is C27H30Br2O8. The van der Waals surface area contributed by atoms with Gasteiger partial charge in [0.05, 0.1) is 26.7 Å². The number of phenols is 2. The van der Waals surface area contributed by atoms with E-state index < -0.39 is 6.48 Å². The molecule has 0 spiro atoms. The number of hydrogen-bond acceptors (Lipinski definition) is 8. The number of allylic oxidation sites excluding steroid dienone is 2. The quantitative estimate of drug-likeness (QED) is 0.0752. The molecule has 8 nitrogen and oxygen atoms in total. The van der Waals surface area contributed by atoms with Crippen molar-refractivity contribution < 1.29 is 38.7 Å². The Bertz CT molecular complexity index is 1070. The predicted octanol–water partition coefficient (Wildman–Crippen LogP) is 5.63. The molecule has 0 bridgehead atoms. The molecule has 0 aliphatic carbocycles. The zero-order valence-electron chi connectivity index (χ0n) is 20.4. The average Bonchev–Trinajstić information content (AvgIpc) is 2.88. The highest BCUT2D eigenvalue weighted by molar-refractivity contribution is 9.09. The Morgan fingerprint density at radius 3 is 1.81 bits per heavy atom. The monoisotopic (exact) mass is 640 g/mol. The Balaban J connectivity index is 1.98. The summed E-state index contributed by atoms with van der Waals surface area (Å²) in [5, 5.41) is 21.4. The Morgan fingerprint density at radius 2 is 1.32 bits per heavy atom. The van der Waals surface area contributed by atoms with E-state index in [1.165, 1.54) is 37.5 Å². The van der Waals surface area contributed by atoms with Gasteiger partial charge in [-0.15, -0.1) is 0 Å². The van der Waals surface area contributed by atoms with E-state index in [9.17, 15) is 19.8 Å². The summed E-state index contributed by atoms with van der Waals surface area (Å²) < 4.78 is 22.0. The van der Waals surface area contributed by atoms with Gasteiger partial charge in [0.25, 0.3) is 0 Å². The Kier molecular flexibility index (Phi) is 14.0. The molecule has 0 saturated heterocycles. The molecule has 0 radical (unpaired) electrons. The first kappa shape index (κ1) is 30.6. The predicted molar refractivity (Wildman–Crippen MR) is 149 cm³/mol. The summed E-state index contributed by atoms with van der Waals surface area (Å²) in [7, 11) is 1.43. The normalized spacial score (nSPS) is 11.5. The summed E-state index contributed by atoms with van der Waals surface area (Å²) >= 11 is 6.68. The molecule has 0 aromatic heterocycles. The fraction of sp³-hybridized carbons (Fsp3) is 0.333. The molecular weight excluding hydrogens is 612 g/mol. The second-order valence-corrected chi connectivity index (χ2v) is 9.25. The van der Waals surface area contributed by atoms with Gasteiger partial charge < -0.3 is 29.2 Å². The number of benzene rings is 2. The number of phenolic OH excluding ortho intramolecular Hbond substituents is 2. The fourth-order valence-corrected chi connectivity index (χ4v) is 3.34. The van der Waals surface area contributed by atoms with Crippen molar-refractivity contribution in [2.75, 3.05) is 31.0 Å². The zero-order chi connectivity index (χ0) is 27.0. The molecule has 200 valence electrons. The lowest BCUT2D eigenvalue weighted by Gasteiger charge is -2.20. The first-order valence-electron chi connectivity index (χ1n) is 11.5. The van der Waals surface area contributed by atoms with Gasteiger partial charge in [0, 0.05) is 10.7 Å². The maximum atomic E-state index is 12.3. The molecule has 2 aromatic carbocycles. The number of rotatable bonds is 17. The van der Waals surface area contributed by atoms with Crippen LogP contribution in [-0.4, -0.2) is 59.2 Å². The topological polar surface area (TPSA) is 112 Å². The van der Waals surface area contributed by atoms with Gasteiger partial charge in [0.1, 0.15) is 0 Å². The minimum Gasteiger partial charge on any atom is -0.504 e. The molecule has 0 amide bonds. The molecule has 0 saturated carbocycles. The van der Waals surface area contributed by atoms with Crippen molar-refractivity contribution in [3.05, 3.63) is 59.7 Å². The van der Waals surface area contributed by atoms with Gasteiger partial charge in [-0.25, -0.2) is 0 Å². The second-order valence-electron chi connectivity index (χ2n) is 7.67. The number of ether oxygens (including phenoxy) is 4. The SMILES string of the molecule is COc1cc(/C=C/C(=O)CC(=O)/C=C/c2ccc(O)c(OC(OCCCBr)OCCCBr)c2)ccc1O. The Labute approximate surface area is 233 Å². The number of halogens is 2. The lowest BCUT2D eigenvalue weighted by atomic mass is 10.1. The van der Waals surface area contributed by atoms with E-state index in [0.717, 1.165) is 23.5 Å². The van der Waals surface area contributed by atoms with E-state index in [-0.39, 0.29) is 41.0 Å². The van der Waals surface area contributed by atoms with E-state index in [4.69, 9.17) is 18.9 Å². The fourth-order valence-electron chi connectivity index (χ4n) is 2.88. The van der Waals surface area contributed by atoms with E-state index >= 15 is 0 Å².